The van der Waals surface area contributed by atoms with Crippen molar-refractivity contribution in [2.45, 2.75) is 13.3 Å². The van der Waals surface area contributed by atoms with Crippen molar-refractivity contribution in [2.24, 2.45) is 0 Å². The van der Waals surface area contributed by atoms with E-state index in [4.69, 9.17) is 0 Å². The first-order chi connectivity index (χ1) is 5.24. The predicted octanol–water partition coefficient (Wildman–Crippen LogP) is 3.25. The van der Waals surface area contributed by atoms with Crippen molar-refractivity contribution < 1.29 is 4.39 Å². The van der Waals surface area contributed by atoms with E-state index >= 15 is 0 Å². The zero-order valence-electron chi connectivity index (χ0n) is 6.60. The Balaban J connectivity index is 2.96. The van der Waals surface area contributed by atoms with Crippen LogP contribution in [0.1, 0.15) is 18.9 Å². The van der Waals surface area contributed by atoms with E-state index in [1.807, 2.05) is 13.0 Å². The predicted molar refractivity (Wildman–Crippen MR) is 45.7 cm³/mol. The Morgan fingerprint density at radius 1 is 1.55 bits per heavy atom. The fourth-order valence-corrected chi connectivity index (χ4v) is 0.913. The molecular weight excluding hydrogens is 139 g/mol. The summed E-state index contributed by atoms with van der Waals surface area (Å²) in [7, 11) is 0. The average Bonchev–Trinajstić information content (AvgIpc) is 2.03. The molecule has 0 radical (unpaired) electrons. The lowest BCUT2D eigenvalue weighted by Gasteiger charge is -2.00. The molecule has 11 heavy (non-hydrogen) atoms. The fourth-order valence-electron chi connectivity index (χ4n) is 0.913. The molecule has 0 N–H and O–H groups in total. The van der Waals surface area contributed by atoms with Crippen LogP contribution in [0.15, 0.2) is 30.8 Å². The maximum absolute atomic E-state index is 12.6. The van der Waals surface area contributed by atoms with Gasteiger partial charge in [-0.1, -0.05) is 25.6 Å². The molecule has 0 nitrogen and oxygen atoms in total. The lowest BCUT2D eigenvalue weighted by Crippen LogP contribution is -1.81. The number of hydrogen-bond acceptors (Lipinski definition) is 0. The molecule has 0 aliphatic carbocycles. The molecule has 0 aromatic heterocycles. The van der Waals surface area contributed by atoms with Gasteiger partial charge >= 0.3 is 0 Å². The summed E-state index contributed by atoms with van der Waals surface area (Å²) in [4.78, 5) is 0. The molecule has 0 amide bonds. The van der Waals surface area contributed by atoms with E-state index < -0.39 is 0 Å². The van der Waals surface area contributed by atoms with Crippen LogP contribution < -0.4 is 0 Å². The highest BCUT2D eigenvalue weighted by atomic mass is 19.1. The third kappa shape index (κ3) is 1.90. The normalized spacial score (nSPS) is 9.64. The zero-order valence-corrected chi connectivity index (χ0v) is 6.60. The first-order valence-electron chi connectivity index (χ1n) is 3.67. The van der Waals surface area contributed by atoms with Gasteiger partial charge in [0.2, 0.25) is 0 Å². The van der Waals surface area contributed by atoms with Gasteiger partial charge in [-0.05, 0) is 29.7 Å². The van der Waals surface area contributed by atoms with Crippen LogP contribution in [0, 0.1) is 5.82 Å². The molecule has 58 valence electrons. The van der Waals surface area contributed by atoms with Crippen LogP contribution in [-0.4, -0.2) is 0 Å². The second-order valence-corrected chi connectivity index (χ2v) is 2.47. The Labute approximate surface area is 66.4 Å². The summed E-state index contributed by atoms with van der Waals surface area (Å²) in [6.07, 6.45) is 0.865. The Hall–Kier alpha value is -1.11. The lowest BCUT2D eigenvalue weighted by atomic mass is 10.1. The van der Waals surface area contributed by atoms with Gasteiger partial charge in [0.15, 0.2) is 0 Å². The van der Waals surface area contributed by atoms with Gasteiger partial charge in [0, 0.05) is 0 Å². The second kappa shape index (κ2) is 3.33. The molecule has 1 aromatic rings. The lowest BCUT2D eigenvalue weighted by molar-refractivity contribution is 0.627. The fraction of sp³-hybridized carbons (Fsp3) is 0.200. The van der Waals surface area contributed by atoms with E-state index in [0.29, 0.717) is 0 Å². The van der Waals surface area contributed by atoms with E-state index in [9.17, 15) is 4.39 Å². The van der Waals surface area contributed by atoms with E-state index in [1.54, 1.807) is 6.07 Å². The van der Waals surface area contributed by atoms with Crippen molar-refractivity contribution in [3.8, 4) is 0 Å². The molecule has 0 saturated heterocycles. The van der Waals surface area contributed by atoms with Crippen LogP contribution in [0.5, 0.6) is 0 Å². The molecule has 0 fully saturated rings. The van der Waals surface area contributed by atoms with Gasteiger partial charge in [-0.15, -0.1) is 0 Å². The molecule has 1 aromatic carbocycles. The zero-order chi connectivity index (χ0) is 8.27. The van der Waals surface area contributed by atoms with Crippen LogP contribution in [0.25, 0.3) is 5.57 Å². The molecular formula is C10H11F. The Kier molecular flexibility index (Phi) is 2.42. The van der Waals surface area contributed by atoms with Crippen molar-refractivity contribution in [2.75, 3.05) is 0 Å². The Bertz CT molecular complexity index is 263. The molecule has 0 aliphatic rings. The summed E-state index contributed by atoms with van der Waals surface area (Å²) in [5.74, 6) is -0.197. The van der Waals surface area contributed by atoms with Crippen molar-refractivity contribution >= 4 is 5.57 Å². The first kappa shape index (κ1) is 7.99. The summed E-state index contributed by atoms with van der Waals surface area (Å²) in [6, 6.07) is 6.51. The first-order valence-corrected chi connectivity index (χ1v) is 3.67. The molecule has 1 heteroatoms. The SMILES string of the molecule is C=C(CC)c1cccc(F)c1. The van der Waals surface area contributed by atoms with Crippen molar-refractivity contribution in [3.05, 3.63) is 42.2 Å². The maximum Gasteiger partial charge on any atom is 0.123 e. The van der Waals surface area contributed by atoms with Crippen molar-refractivity contribution in [3.63, 3.8) is 0 Å². The van der Waals surface area contributed by atoms with Gasteiger partial charge in [-0.2, -0.15) is 0 Å². The number of hydrogen-bond donors (Lipinski definition) is 0. The topological polar surface area (TPSA) is 0 Å². The largest absolute Gasteiger partial charge is 0.207 e. The molecule has 0 heterocycles. The third-order valence-corrected chi connectivity index (χ3v) is 1.66. The van der Waals surface area contributed by atoms with Gasteiger partial charge in [-0.3, -0.25) is 0 Å². The van der Waals surface area contributed by atoms with Gasteiger partial charge < -0.3 is 0 Å². The number of rotatable bonds is 2. The molecule has 0 atom stereocenters. The van der Waals surface area contributed by atoms with Crippen LogP contribution in [0.2, 0.25) is 0 Å². The van der Waals surface area contributed by atoms with Crippen LogP contribution >= 0.6 is 0 Å². The van der Waals surface area contributed by atoms with E-state index in [0.717, 1.165) is 17.6 Å². The third-order valence-electron chi connectivity index (χ3n) is 1.66. The summed E-state index contributed by atoms with van der Waals surface area (Å²) in [6.45, 7) is 5.83. The Morgan fingerprint density at radius 3 is 2.82 bits per heavy atom. The highest BCUT2D eigenvalue weighted by Crippen LogP contribution is 2.15. The monoisotopic (exact) mass is 150 g/mol. The number of allylic oxidation sites excluding steroid dienone is 1. The summed E-state index contributed by atoms with van der Waals surface area (Å²) in [5, 5.41) is 0. The van der Waals surface area contributed by atoms with Gasteiger partial charge in [0.1, 0.15) is 5.82 Å². The molecule has 0 aliphatic heterocycles. The molecule has 0 bridgehead atoms. The highest BCUT2D eigenvalue weighted by Gasteiger charge is 1.96. The number of benzene rings is 1. The highest BCUT2D eigenvalue weighted by molar-refractivity contribution is 5.62. The van der Waals surface area contributed by atoms with Crippen LogP contribution in [0.4, 0.5) is 4.39 Å². The van der Waals surface area contributed by atoms with Crippen LogP contribution in [0.3, 0.4) is 0 Å². The summed E-state index contributed by atoms with van der Waals surface area (Å²) >= 11 is 0. The second-order valence-electron chi connectivity index (χ2n) is 2.47. The van der Waals surface area contributed by atoms with Crippen molar-refractivity contribution in [1.29, 1.82) is 0 Å². The van der Waals surface area contributed by atoms with Gasteiger partial charge in [0.05, 0.1) is 0 Å². The van der Waals surface area contributed by atoms with E-state index in [1.165, 1.54) is 12.1 Å². The summed E-state index contributed by atoms with van der Waals surface area (Å²) < 4.78 is 12.6. The molecule has 0 unspecified atom stereocenters. The quantitative estimate of drug-likeness (QED) is 0.607. The van der Waals surface area contributed by atoms with Gasteiger partial charge in [-0.25, -0.2) is 4.39 Å². The number of halogens is 1. The minimum absolute atomic E-state index is 0.197. The van der Waals surface area contributed by atoms with Crippen molar-refractivity contribution in [1.82, 2.24) is 0 Å². The smallest absolute Gasteiger partial charge is 0.123 e. The summed E-state index contributed by atoms with van der Waals surface area (Å²) in [5.41, 5.74) is 1.87. The van der Waals surface area contributed by atoms with Crippen LogP contribution in [-0.2, 0) is 0 Å². The minimum atomic E-state index is -0.197. The minimum Gasteiger partial charge on any atom is -0.207 e. The molecule has 1 rings (SSSR count). The van der Waals surface area contributed by atoms with E-state index in [2.05, 4.69) is 6.58 Å². The maximum atomic E-state index is 12.6. The standard InChI is InChI=1S/C10H11F/c1-3-8(2)9-5-4-6-10(11)7-9/h4-7H,2-3H2,1H3. The average molecular weight is 150 g/mol. The van der Waals surface area contributed by atoms with E-state index in [-0.39, 0.29) is 5.82 Å². The Morgan fingerprint density at radius 2 is 2.27 bits per heavy atom. The molecule has 0 spiro atoms. The van der Waals surface area contributed by atoms with Gasteiger partial charge in [0.25, 0.3) is 0 Å². The molecule has 0 saturated carbocycles.